The molecule has 0 rings (SSSR count). The first-order chi connectivity index (χ1) is 32.0. The molecule has 0 N–H and O–H groups in total. The fraction of sp³-hybridized carbons (Fsp3) is 0.746. The Morgan fingerprint density at radius 2 is 0.615 bits per heavy atom. The summed E-state index contributed by atoms with van der Waals surface area (Å²) in [6.07, 6.45) is 67.4. The third-order valence-electron chi connectivity index (χ3n) is 11.8. The highest BCUT2D eigenvalue weighted by Crippen LogP contribution is 2.15. The number of ether oxygens (including phenoxy) is 3. The first-order valence-electron chi connectivity index (χ1n) is 27.5. The minimum atomic E-state index is -0.791. The molecule has 6 nitrogen and oxygen atoms in total. The molecule has 0 saturated heterocycles. The monoisotopic (exact) mass is 907 g/mol. The van der Waals surface area contributed by atoms with Crippen LogP contribution >= 0.6 is 0 Å². The summed E-state index contributed by atoms with van der Waals surface area (Å²) in [6.45, 7) is 6.47. The molecular weight excluding hydrogens is 805 g/mol. The predicted molar refractivity (Wildman–Crippen MR) is 279 cm³/mol. The molecule has 0 amide bonds. The van der Waals surface area contributed by atoms with Crippen LogP contribution in [-0.2, 0) is 28.6 Å². The predicted octanol–water partition coefficient (Wildman–Crippen LogP) is 18.2. The number of unbranched alkanes of at least 4 members (excludes halogenated alkanes) is 29. The molecule has 0 radical (unpaired) electrons. The van der Waals surface area contributed by atoms with Gasteiger partial charge < -0.3 is 14.2 Å². The van der Waals surface area contributed by atoms with Crippen LogP contribution < -0.4 is 0 Å². The van der Waals surface area contributed by atoms with Crippen molar-refractivity contribution in [3.63, 3.8) is 0 Å². The summed E-state index contributed by atoms with van der Waals surface area (Å²) in [4.78, 5) is 38.1. The summed E-state index contributed by atoms with van der Waals surface area (Å²) in [5.74, 6) is -0.915. The lowest BCUT2D eigenvalue weighted by Gasteiger charge is -2.18. The van der Waals surface area contributed by atoms with E-state index in [2.05, 4.69) is 75.5 Å². The van der Waals surface area contributed by atoms with Crippen LogP contribution in [-0.4, -0.2) is 37.2 Å². The van der Waals surface area contributed by atoms with Crippen molar-refractivity contribution >= 4 is 17.9 Å². The van der Waals surface area contributed by atoms with Crippen molar-refractivity contribution < 1.29 is 28.6 Å². The lowest BCUT2D eigenvalue weighted by Crippen LogP contribution is -2.30. The highest BCUT2D eigenvalue weighted by atomic mass is 16.6. The van der Waals surface area contributed by atoms with Gasteiger partial charge in [-0.1, -0.05) is 229 Å². The Morgan fingerprint density at radius 3 is 1.00 bits per heavy atom. The van der Waals surface area contributed by atoms with E-state index >= 15 is 0 Å². The summed E-state index contributed by atoms with van der Waals surface area (Å²) in [7, 11) is 0. The zero-order valence-corrected chi connectivity index (χ0v) is 42.7. The van der Waals surface area contributed by atoms with Crippen molar-refractivity contribution in [2.75, 3.05) is 13.2 Å². The molecule has 0 fully saturated rings. The second-order valence-electron chi connectivity index (χ2n) is 18.2. The number of esters is 3. The van der Waals surface area contributed by atoms with E-state index < -0.39 is 6.10 Å². The van der Waals surface area contributed by atoms with E-state index in [1.54, 1.807) is 0 Å². The van der Waals surface area contributed by atoms with Crippen molar-refractivity contribution in [1.29, 1.82) is 0 Å². The fourth-order valence-corrected chi connectivity index (χ4v) is 7.62. The Kier molecular flexibility index (Phi) is 50.9. The smallest absolute Gasteiger partial charge is 0.306 e. The van der Waals surface area contributed by atoms with E-state index in [-0.39, 0.29) is 31.1 Å². The van der Waals surface area contributed by atoms with Crippen molar-refractivity contribution in [2.45, 2.75) is 271 Å². The zero-order valence-electron chi connectivity index (χ0n) is 42.7. The minimum Gasteiger partial charge on any atom is -0.462 e. The molecule has 0 heterocycles. The molecule has 6 heteroatoms. The average molecular weight is 907 g/mol. The molecule has 0 aliphatic heterocycles. The number of allylic oxidation sites excluding steroid dienone is 12. The van der Waals surface area contributed by atoms with Crippen LogP contribution in [0.3, 0.4) is 0 Å². The summed E-state index contributed by atoms with van der Waals surface area (Å²) in [5.41, 5.74) is 0. The van der Waals surface area contributed by atoms with Gasteiger partial charge in [-0.3, -0.25) is 14.4 Å². The number of rotatable bonds is 49. The Labute approximate surface area is 402 Å². The number of hydrogen-bond donors (Lipinski definition) is 0. The third kappa shape index (κ3) is 51.7. The highest BCUT2D eigenvalue weighted by molar-refractivity contribution is 5.71. The molecule has 1 unspecified atom stereocenters. The largest absolute Gasteiger partial charge is 0.462 e. The molecule has 65 heavy (non-hydrogen) atoms. The topological polar surface area (TPSA) is 78.9 Å². The van der Waals surface area contributed by atoms with E-state index in [1.807, 2.05) is 18.2 Å². The Bertz CT molecular complexity index is 1230. The molecule has 0 saturated carbocycles. The standard InChI is InChI=1S/C59H102O6/c1-4-7-10-13-16-19-22-25-28-29-32-34-37-40-43-46-49-52-58(61)64-55-56(65-59(62)53-50-47-44-41-38-35-31-27-24-21-18-15-12-9-6-3)54-63-57(60)51-48-45-42-39-36-33-30-26-23-20-17-14-11-8-5-2/h9,12,15,18,20-21,23-25,27-28,31,56H,4-8,10-11,13-14,16-17,19,22,26,29-30,32-55H2,1-3H3/b12-9-,18-15-,23-20-,24-21-,28-25-,31-27-. The maximum absolute atomic E-state index is 12.8. The Morgan fingerprint density at radius 1 is 0.323 bits per heavy atom. The zero-order chi connectivity index (χ0) is 47.2. The first kappa shape index (κ1) is 61.9. The Balaban J connectivity index is 4.42. The quantitative estimate of drug-likeness (QED) is 0.0199. The lowest BCUT2D eigenvalue weighted by atomic mass is 10.1. The van der Waals surface area contributed by atoms with Crippen LogP contribution in [0.4, 0.5) is 0 Å². The third-order valence-corrected chi connectivity index (χ3v) is 11.8. The molecule has 0 aliphatic rings. The second-order valence-corrected chi connectivity index (χ2v) is 18.2. The summed E-state index contributed by atoms with van der Waals surface area (Å²) < 4.78 is 16.8. The van der Waals surface area contributed by atoms with E-state index in [0.29, 0.717) is 19.3 Å². The van der Waals surface area contributed by atoms with Crippen LogP contribution in [0.5, 0.6) is 0 Å². The SMILES string of the molecule is CC\C=C/C=C\C=C/C=C\CCCCCCCC(=O)OC(COC(=O)CCCCCCCCC/C=C\CCCCCC)COC(=O)CCCCCCCCC/C=C\CCCCCCCC. The average Bonchev–Trinajstić information content (AvgIpc) is 3.30. The highest BCUT2D eigenvalue weighted by Gasteiger charge is 2.19. The molecule has 1 atom stereocenters. The van der Waals surface area contributed by atoms with Crippen LogP contribution in [0.2, 0.25) is 0 Å². The summed E-state index contributed by atoms with van der Waals surface area (Å²) in [5, 5.41) is 0. The van der Waals surface area contributed by atoms with E-state index in [9.17, 15) is 14.4 Å². The van der Waals surface area contributed by atoms with E-state index in [0.717, 1.165) is 83.5 Å². The molecule has 0 bridgehead atoms. The van der Waals surface area contributed by atoms with Gasteiger partial charge in [-0.05, 0) is 89.9 Å². The van der Waals surface area contributed by atoms with Gasteiger partial charge in [0.25, 0.3) is 0 Å². The van der Waals surface area contributed by atoms with Gasteiger partial charge in [0.2, 0.25) is 0 Å². The maximum atomic E-state index is 12.8. The number of carbonyl (C=O) groups excluding carboxylic acids is 3. The van der Waals surface area contributed by atoms with Crippen molar-refractivity contribution in [3.8, 4) is 0 Å². The summed E-state index contributed by atoms with van der Waals surface area (Å²) in [6, 6.07) is 0. The van der Waals surface area contributed by atoms with Gasteiger partial charge in [-0.25, -0.2) is 0 Å². The van der Waals surface area contributed by atoms with Crippen molar-refractivity contribution in [3.05, 3.63) is 72.9 Å². The lowest BCUT2D eigenvalue weighted by molar-refractivity contribution is -0.167. The molecule has 0 aromatic heterocycles. The van der Waals surface area contributed by atoms with Crippen LogP contribution in [0, 0.1) is 0 Å². The molecular formula is C59H102O6. The second kappa shape index (κ2) is 53.5. The molecule has 0 aromatic carbocycles. The van der Waals surface area contributed by atoms with Gasteiger partial charge in [0.15, 0.2) is 6.10 Å². The van der Waals surface area contributed by atoms with Gasteiger partial charge in [-0.15, -0.1) is 0 Å². The minimum absolute atomic E-state index is 0.0884. The molecule has 0 aliphatic carbocycles. The van der Waals surface area contributed by atoms with Gasteiger partial charge in [0, 0.05) is 19.3 Å². The Hall–Kier alpha value is -3.15. The van der Waals surface area contributed by atoms with Crippen LogP contribution in [0.15, 0.2) is 72.9 Å². The van der Waals surface area contributed by atoms with Gasteiger partial charge in [-0.2, -0.15) is 0 Å². The summed E-state index contributed by atoms with van der Waals surface area (Å²) >= 11 is 0. The normalized spacial score (nSPS) is 12.6. The molecule has 0 spiro atoms. The first-order valence-corrected chi connectivity index (χ1v) is 27.5. The van der Waals surface area contributed by atoms with Gasteiger partial charge in [0.1, 0.15) is 13.2 Å². The van der Waals surface area contributed by atoms with Crippen molar-refractivity contribution in [2.24, 2.45) is 0 Å². The number of hydrogen-bond acceptors (Lipinski definition) is 6. The van der Waals surface area contributed by atoms with Crippen LogP contribution in [0.1, 0.15) is 265 Å². The molecule has 374 valence electrons. The number of carbonyl (C=O) groups is 3. The molecule has 0 aromatic rings. The van der Waals surface area contributed by atoms with Gasteiger partial charge >= 0.3 is 17.9 Å². The van der Waals surface area contributed by atoms with E-state index in [4.69, 9.17) is 14.2 Å². The maximum Gasteiger partial charge on any atom is 0.306 e. The van der Waals surface area contributed by atoms with Gasteiger partial charge in [0.05, 0.1) is 0 Å². The van der Waals surface area contributed by atoms with Crippen LogP contribution in [0.25, 0.3) is 0 Å². The van der Waals surface area contributed by atoms with E-state index in [1.165, 1.54) is 141 Å². The van der Waals surface area contributed by atoms with Crippen molar-refractivity contribution in [1.82, 2.24) is 0 Å². The fourth-order valence-electron chi connectivity index (χ4n) is 7.62.